The third kappa shape index (κ3) is 4.73. The molecule has 6 heteroatoms. The largest absolute Gasteiger partial charge is 0.379 e. The summed E-state index contributed by atoms with van der Waals surface area (Å²) >= 11 is 0. The minimum absolute atomic E-state index is 0.0168. The summed E-state index contributed by atoms with van der Waals surface area (Å²) in [5.41, 5.74) is 0.787. The molecular weight excluding hydrogens is 270 g/mol. The van der Waals surface area contributed by atoms with Gasteiger partial charge in [-0.05, 0) is 31.4 Å². The molecule has 1 aromatic carbocycles. The van der Waals surface area contributed by atoms with Crippen LogP contribution in [-0.2, 0) is 0 Å². The number of hydrogen-bond donors (Lipinski definition) is 2. The summed E-state index contributed by atoms with van der Waals surface area (Å²) in [6, 6.07) is 4.43. The molecular formula is C15H23N3O3. The molecule has 0 aromatic heterocycles. The van der Waals surface area contributed by atoms with Gasteiger partial charge in [-0.2, -0.15) is 0 Å². The zero-order valence-corrected chi connectivity index (χ0v) is 13.0. The predicted molar refractivity (Wildman–Crippen MR) is 83.6 cm³/mol. The van der Waals surface area contributed by atoms with Gasteiger partial charge in [0.2, 0.25) is 0 Å². The third-order valence-corrected chi connectivity index (χ3v) is 3.38. The van der Waals surface area contributed by atoms with Crippen LogP contribution in [0.5, 0.6) is 0 Å². The van der Waals surface area contributed by atoms with Crippen molar-refractivity contribution in [1.29, 1.82) is 0 Å². The first-order valence-electron chi connectivity index (χ1n) is 7.20. The van der Waals surface area contributed by atoms with Crippen LogP contribution < -0.4 is 10.6 Å². The number of nitro benzene ring substituents is 1. The van der Waals surface area contributed by atoms with E-state index < -0.39 is 4.92 Å². The molecule has 0 aliphatic carbocycles. The zero-order chi connectivity index (χ0) is 16.0. The Bertz CT molecular complexity index is 515. The second-order valence-electron chi connectivity index (χ2n) is 5.42. The Hall–Kier alpha value is -2.11. The lowest BCUT2D eigenvalue weighted by Gasteiger charge is -2.17. The Balaban J connectivity index is 2.98. The van der Waals surface area contributed by atoms with Crippen molar-refractivity contribution >= 4 is 17.3 Å². The average Bonchev–Trinajstić information content (AvgIpc) is 2.44. The van der Waals surface area contributed by atoms with Crippen LogP contribution in [0.1, 0.15) is 44.5 Å². The van der Waals surface area contributed by atoms with E-state index in [1.807, 2.05) is 27.7 Å². The second kappa shape index (κ2) is 7.61. The summed E-state index contributed by atoms with van der Waals surface area (Å²) in [6.45, 7) is 8.57. The number of amides is 1. The van der Waals surface area contributed by atoms with Crippen LogP contribution in [0.2, 0.25) is 0 Å². The number of nitrogens with zero attached hydrogens (tertiary/aromatic N) is 1. The molecule has 21 heavy (non-hydrogen) atoms. The highest BCUT2D eigenvalue weighted by molar-refractivity contribution is 5.96. The SMILES string of the molecule is CCCNc1cc(C(=O)NC(C)C(C)C)ccc1[N+](=O)[O-]. The van der Waals surface area contributed by atoms with Crippen molar-refractivity contribution in [3.63, 3.8) is 0 Å². The first kappa shape index (κ1) is 16.9. The molecule has 1 rings (SSSR count). The molecule has 1 amide bonds. The maximum absolute atomic E-state index is 12.2. The summed E-state index contributed by atoms with van der Waals surface area (Å²) in [4.78, 5) is 22.7. The molecule has 0 heterocycles. The molecule has 0 radical (unpaired) electrons. The number of anilines is 1. The van der Waals surface area contributed by atoms with Gasteiger partial charge in [-0.3, -0.25) is 14.9 Å². The van der Waals surface area contributed by atoms with Gasteiger partial charge in [0.1, 0.15) is 5.69 Å². The summed E-state index contributed by atoms with van der Waals surface area (Å²) < 4.78 is 0. The molecule has 0 bridgehead atoms. The first-order valence-corrected chi connectivity index (χ1v) is 7.20. The molecule has 0 saturated carbocycles. The van der Waals surface area contributed by atoms with Crippen LogP contribution in [0.25, 0.3) is 0 Å². The molecule has 6 nitrogen and oxygen atoms in total. The van der Waals surface area contributed by atoms with E-state index in [4.69, 9.17) is 0 Å². The van der Waals surface area contributed by atoms with E-state index >= 15 is 0 Å². The van der Waals surface area contributed by atoms with Crippen LogP contribution in [0, 0.1) is 16.0 Å². The van der Waals surface area contributed by atoms with Gasteiger partial charge in [-0.15, -0.1) is 0 Å². The minimum atomic E-state index is -0.448. The van der Waals surface area contributed by atoms with Crippen molar-refractivity contribution in [1.82, 2.24) is 5.32 Å². The van der Waals surface area contributed by atoms with Crippen molar-refractivity contribution < 1.29 is 9.72 Å². The summed E-state index contributed by atoms with van der Waals surface area (Å²) in [5.74, 6) is 0.107. The lowest BCUT2D eigenvalue weighted by molar-refractivity contribution is -0.384. The van der Waals surface area contributed by atoms with E-state index in [9.17, 15) is 14.9 Å². The Kier molecular flexibility index (Phi) is 6.14. The van der Waals surface area contributed by atoms with Crippen LogP contribution in [0.3, 0.4) is 0 Å². The van der Waals surface area contributed by atoms with E-state index in [0.29, 0.717) is 23.7 Å². The maximum atomic E-state index is 12.2. The van der Waals surface area contributed by atoms with Crippen LogP contribution in [-0.4, -0.2) is 23.4 Å². The fourth-order valence-electron chi connectivity index (χ4n) is 1.69. The van der Waals surface area contributed by atoms with Crippen LogP contribution in [0.4, 0.5) is 11.4 Å². The lowest BCUT2D eigenvalue weighted by atomic mass is 10.1. The Morgan fingerprint density at radius 2 is 2.00 bits per heavy atom. The van der Waals surface area contributed by atoms with E-state index in [0.717, 1.165) is 6.42 Å². The standard InChI is InChI=1S/C15H23N3O3/c1-5-8-16-13-9-12(6-7-14(13)18(20)21)15(19)17-11(4)10(2)3/h6-7,9-11,16H,5,8H2,1-4H3,(H,17,19). The van der Waals surface area contributed by atoms with E-state index in [1.54, 1.807) is 0 Å². The summed E-state index contributed by atoms with van der Waals surface area (Å²) in [6.07, 6.45) is 0.845. The number of benzene rings is 1. The minimum Gasteiger partial charge on any atom is -0.379 e. The average molecular weight is 293 g/mol. The zero-order valence-electron chi connectivity index (χ0n) is 13.0. The van der Waals surface area contributed by atoms with Crippen LogP contribution >= 0.6 is 0 Å². The van der Waals surface area contributed by atoms with Gasteiger partial charge in [0, 0.05) is 24.2 Å². The Labute approximate surface area is 125 Å². The molecule has 1 atom stereocenters. The van der Waals surface area contributed by atoms with Crippen LogP contribution in [0.15, 0.2) is 18.2 Å². The van der Waals surface area contributed by atoms with Gasteiger partial charge in [-0.25, -0.2) is 0 Å². The summed E-state index contributed by atoms with van der Waals surface area (Å²) in [7, 11) is 0. The normalized spacial score (nSPS) is 12.0. The number of carbonyl (C=O) groups excluding carboxylic acids is 1. The number of nitrogens with one attached hydrogen (secondary N) is 2. The van der Waals surface area contributed by atoms with Gasteiger partial charge in [0.05, 0.1) is 4.92 Å². The fraction of sp³-hybridized carbons (Fsp3) is 0.533. The number of carbonyl (C=O) groups is 1. The highest BCUT2D eigenvalue weighted by Gasteiger charge is 2.18. The van der Waals surface area contributed by atoms with E-state index in [1.165, 1.54) is 18.2 Å². The van der Waals surface area contributed by atoms with E-state index in [-0.39, 0.29) is 17.6 Å². The topological polar surface area (TPSA) is 84.3 Å². The molecule has 0 aliphatic rings. The smallest absolute Gasteiger partial charge is 0.292 e. The van der Waals surface area contributed by atoms with Crippen molar-refractivity contribution in [3.8, 4) is 0 Å². The lowest BCUT2D eigenvalue weighted by Crippen LogP contribution is -2.36. The van der Waals surface area contributed by atoms with Crippen molar-refractivity contribution in [3.05, 3.63) is 33.9 Å². The molecule has 1 aromatic rings. The van der Waals surface area contributed by atoms with Gasteiger partial charge >= 0.3 is 0 Å². The molecule has 0 aliphatic heterocycles. The monoisotopic (exact) mass is 293 g/mol. The fourth-order valence-corrected chi connectivity index (χ4v) is 1.69. The number of nitro groups is 1. The van der Waals surface area contributed by atoms with Crippen molar-refractivity contribution in [2.24, 2.45) is 5.92 Å². The Morgan fingerprint density at radius 3 is 2.52 bits per heavy atom. The van der Waals surface area contributed by atoms with Crippen molar-refractivity contribution in [2.75, 3.05) is 11.9 Å². The van der Waals surface area contributed by atoms with Gasteiger partial charge in [0.15, 0.2) is 0 Å². The van der Waals surface area contributed by atoms with Gasteiger partial charge < -0.3 is 10.6 Å². The maximum Gasteiger partial charge on any atom is 0.292 e. The van der Waals surface area contributed by atoms with Crippen molar-refractivity contribution in [2.45, 2.75) is 40.2 Å². The van der Waals surface area contributed by atoms with Gasteiger partial charge in [0.25, 0.3) is 11.6 Å². The number of rotatable bonds is 7. The highest BCUT2D eigenvalue weighted by Crippen LogP contribution is 2.25. The second-order valence-corrected chi connectivity index (χ2v) is 5.42. The molecule has 1 unspecified atom stereocenters. The highest BCUT2D eigenvalue weighted by atomic mass is 16.6. The van der Waals surface area contributed by atoms with Gasteiger partial charge in [-0.1, -0.05) is 20.8 Å². The number of hydrogen-bond acceptors (Lipinski definition) is 4. The molecule has 2 N–H and O–H groups in total. The molecule has 0 saturated heterocycles. The first-order chi connectivity index (χ1) is 9.86. The quantitative estimate of drug-likeness (QED) is 0.597. The van der Waals surface area contributed by atoms with E-state index in [2.05, 4.69) is 10.6 Å². The Morgan fingerprint density at radius 1 is 1.33 bits per heavy atom. The predicted octanol–water partition coefficient (Wildman–Crippen LogP) is 3.19. The third-order valence-electron chi connectivity index (χ3n) is 3.38. The molecule has 116 valence electrons. The molecule has 0 spiro atoms. The molecule has 0 fully saturated rings. The summed E-state index contributed by atoms with van der Waals surface area (Å²) in [5, 5.41) is 16.9.